The van der Waals surface area contributed by atoms with E-state index in [1.807, 2.05) is 26.0 Å². The van der Waals surface area contributed by atoms with Gasteiger partial charge in [-0.2, -0.15) is 4.98 Å². The first kappa shape index (κ1) is 21.9. The van der Waals surface area contributed by atoms with Crippen molar-refractivity contribution in [2.45, 2.75) is 26.2 Å². The van der Waals surface area contributed by atoms with Gasteiger partial charge in [0.25, 0.3) is 5.56 Å². The normalized spacial score (nSPS) is 15.0. The van der Waals surface area contributed by atoms with Crippen LogP contribution in [0.5, 0.6) is 0 Å². The minimum atomic E-state index is -0.983. The number of hydrogen-bond acceptors (Lipinski definition) is 5. The van der Waals surface area contributed by atoms with Gasteiger partial charge in [-0.05, 0) is 43.7 Å². The molecule has 4 N–H and O–H groups in total. The molecule has 0 radical (unpaired) electrons. The average Bonchev–Trinajstić information content (AvgIpc) is 2.71. The van der Waals surface area contributed by atoms with Gasteiger partial charge in [-0.15, -0.1) is 0 Å². The Morgan fingerprint density at radius 2 is 1.84 bits per heavy atom. The van der Waals surface area contributed by atoms with Crippen LogP contribution in [-0.2, 0) is 9.59 Å². The number of carbonyl (C=O) groups excluding carboxylic acids is 2. The minimum Gasteiger partial charge on any atom is -0.325 e. The summed E-state index contributed by atoms with van der Waals surface area (Å²) in [5.74, 6) is -1.76. The number of H-pyrrole nitrogens is 1. The highest BCUT2D eigenvalue weighted by Gasteiger charge is 2.35. The number of rotatable bonds is 4. The van der Waals surface area contributed by atoms with Gasteiger partial charge in [0.2, 0.25) is 17.8 Å². The number of nitrogens with zero attached hydrogens (tertiary/aromatic N) is 1. The fourth-order valence-electron chi connectivity index (χ4n) is 3.55. The number of anilines is 4. The molecule has 0 spiro atoms. The molecule has 3 aromatic rings. The first-order valence-electron chi connectivity index (χ1n) is 9.75. The molecule has 8 nitrogen and oxygen atoms in total. The number of aromatic amines is 1. The molecule has 0 saturated carbocycles. The van der Waals surface area contributed by atoms with Crippen molar-refractivity contribution in [1.82, 2.24) is 9.97 Å². The number of hydrogen-bond donors (Lipinski definition) is 4. The number of fused-ring (bicyclic) bond motifs is 1. The predicted octanol–water partition coefficient (Wildman–Crippen LogP) is 4.50. The molecule has 2 aromatic carbocycles. The number of amides is 2. The number of aromatic nitrogens is 2. The third-order valence-electron chi connectivity index (χ3n) is 5.09. The molecule has 1 aliphatic rings. The molecule has 1 aromatic heterocycles. The van der Waals surface area contributed by atoms with Gasteiger partial charge >= 0.3 is 0 Å². The van der Waals surface area contributed by atoms with Crippen LogP contribution in [0.2, 0.25) is 10.0 Å². The molecule has 32 heavy (non-hydrogen) atoms. The maximum atomic E-state index is 13.0. The molecular weight excluding hydrogens is 453 g/mol. The Kier molecular flexibility index (Phi) is 5.90. The number of nitrogens with one attached hydrogen (secondary N) is 4. The van der Waals surface area contributed by atoms with Crippen LogP contribution >= 0.6 is 23.2 Å². The van der Waals surface area contributed by atoms with Crippen LogP contribution in [-0.4, -0.2) is 21.8 Å². The molecule has 1 atom stereocenters. The summed E-state index contributed by atoms with van der Waals surface area (Å²) in [4.78, 5) is 45.0. The molecule has 0 bridgehead atoms. The van der Waals surface area contributed by atoms with E-state index in [9.17, 15) is 14.4 Å². The standard InChI is InChI=1S/C22H19Cl2N5O3/c1-10-3-5-15(11(2)7-10)25-20(31)13-9-17(30)27-19-18(13)21(32)29-22(28-19)26-16-6-4-12(23)8-14(16)24/h3-8,13H,9H2,1-2H3,(H,25,31)(H3,26,27,28,29,30,32)/t13-/m1/s1. The van der Waals surface area contributed by atoms with Crippen LogP contribution in [0.15, 0.2) is 41.2 Å². The molecule has 2 heterocycles. The number of benzene rings is 2. The van der Waals surface area contributed by atoms with E-state index in [4.69, 9.17) is 23.2 Å². The lowest BCUT2D eigenvalue weighted by Crippen LogP contribution is -2.36. The molecule has 0 saturated heterocycles. The zero-order valence-corrected chi connectivity index (χ0v) is 18.7. The Bertz CT molecular complexity index is 1310. The summed E-state index contributed by atoms with van der Waals surface area (Å²) in [5.41, 5.74) is 2.58. The fraction of sp³-hybridized carbons (Fsp3) is 0.182. The van der Waals surface area contributed by atoms with E-state index in [1.165, 1.54) is 6.07 Å². The highest BCUT2D eigenvalue weighted by Crippen LogP contribution is 2.32. The van der Waals surface area contributed by atoms with Gasteiger partial charge in [-0.1, -0.05) is 40.9 Å². The van der Waals surface area contributed by atoms with Gasteiger partial charge in [0.05, 0.1) is 22.2 Å². The van der Waals surface area contributed by atoms with Crippen molar-refractivity contribution in [2.75, 3.05) is 16.0 Å². The number of halogens is 2. The number of carbonyl (C=O) groups is 2. The average molecular weight is 472 g/mol. The Hall–Kier alpha value is -3.36. The van der Waals surface area contributed by atoms with Gasteiger partial charge in [0.1, 0.15) is 5.82 Å². The highest BCUT2D eigenvalue weighted by molar-refractivity contribution is 6.36. The maximum Gasteiger partial charge on any atom is 0.258 e. The molecule has 4 rings (SSSR count). The Labute approximate surface area is 193 Å². The zero-order chi connectivity index (χ0) is 23.0. The van der Waals surface area contributed by atoms with Crippen molar-refractivity contribution < 1.29 is 9.59 Å². The Balaban J connectivity index is 1.65. The van der Waals surface area contributed by atoms with Crippen molar-refractivity contribution in [3.05, 3.63) is 73.5 Å². The predicted molar refractivity (Wildman–Crippen MR) is 125 cm³/mol. The van der Waals surface area contributed by atoms with Crippen LogP contribution < -0.4 is 21.5 Å². The summed E-state index contributed by atoms with van der Waals surface area (Å²) in [7, 11) is 0. The molecule has 0 fully saturated rings. The Morgan fingerprint density at radius 3 is 2.56 bits per heavy atom. The molecule has 1 aliphatic heterocycles. The third kappa shape index (κ3) is 4.46. The van der Waals surface area contributed by atoms with Crippen LogP contribution in [0.3, 0.4) is 0 Å². The van der Waals surface area contributed by atoms with Crippen molar-refractivity contribution in [2.24, 2.45) is 0 Å². The largest absolute Gasteiger partial charge is 0.325 e. The topological polar surface area (TPSA) is 116 Å². The highest BCUT2D eigenvalue weighted by atomic mass is 35.5. The van der Waals surface area contributed by atoms with Crippen LogP contribution in [0.25, 0.3) is 0 Å². The lowest BCUT2D eigenvalue weighted by Gasteiger charge is -2.24. The monoisotopic (exact) mass is 471 g/mol. The maximum absolute atomic E-state index is 13.0. The molecule has 0 aliphatic carbocycles. The summed E-state index contributed by atoms with van der Waals surface area (Å²) in [5, 5.41) is 9.07. The third-order valence-corrected chi connectivity index (χ3v) is 5.64. The van der Waals surface area contributed by atoms with Gasteiger partial charge in [0.15, 0.2) is 0 Å². The van der Waals surface area contributed by atoms with E-state index in [2.05, 4.69) is 25.9 Å². The van der Waals surface area contributed by atoms with Crippen LogP contribution in [0.4, 0.5) is 23.1 Å². The fourth-order valence-corrected chi connectivity index (χ4v) is 4.00. The molecule has 10 heteroatoms. The summed E-state index contributed by atoms with van der Waals surface area (Å²) < 4.78 is 0. The summed E-state index contributed by atoms with van der Waals surface area (Å²) >= 11 is 12.1. The van der Waals surface area contributed by atoms with E-state index in [0.29, 0.717) is 21.4 Å². The first-order valence-corrected chi connectivity index (χ1v) is 10.5. The van der Waals surface area contributed by atoms with Crippen molar-refractivity contribution in [3.8, 4) is 0 Å². The molecular formula is C22H19Cl2N5O3. The molecule has 164 valence electrons. The lowest BCUT2D eigenvalue weighted by atomic mass is 9.92. The Morgan fingerprint density at radius 1 is 1.09 bits per heavy atom. The second-order valence-corrected chi connectivity index (χ2v) is 8.38. The summed E-state index contributed by atoms with van der Waals surface area (Å²) in [6.07, 6.45) is -0.162. The van der Waals surface area contributed by atoms with E-state index in [1.54, 1.807) is 18.2 Å². The minimum absolute atomic E-state index is 0.0263. The SMILES string of the molecule is Cc1ccc(NC(=O)[C@@H]2CC(=O)Nc3nc(Nc4ccc(Cl)cc4Cl)[nH]c(=O)c32)c(C)c1. The second-order valence-electron chi connectivity index (χ2n) is 7.54. The van der Waals surface area contributed by atoms with E-state index >= 15 is 0 Å². The van der Waals surface area contributed by atoms with Crippen molar-refractivity contribution in [1.29, 1.82) is 0 Å². The summed E-state index contributed by atoms with van der Waals surface area (Å²) in [6, 6.07) is 10.4. The van der Waals surface area contributed by atoms with Gasteiger partial charge in [-0.3, -0.25) is 19.4 Å². The first-order chi connectivity index (χ1) is 15.2. The van der Waals surface area contributed by atoms with Gasteiger partial charge < -0.3 is 16.0 Å². The van der Waals surface area contributed by atoms with Gasteiger partial charge in [0, 0.05) is 17.1 Å². The van der Waals surface area contributed by atoms with Crippen LogP contribution in [0.1, 0.15) is 29.0 Å². The van der Waals surface area contributed by atoms with E-state index < -0.39 is 23.3 Å². The van der Waals surface area contributed by atoms with Crippen LogP contribution in [0, 0.1) is 13.8 Å². The smallest absolute Gasteiger partial charge is 0.258 e. The van der Waals surface area contributed by atoms with Gasteiger partial charge in [-0.25, -0.2) is 0 Å². The summed E-state index contributed by atoms with van der Waals surface area (Å²) in [6.45, 7) is 3.83. The quantitative estimate of drug-likeness (QED) is 0.446. The molecule has 0 unspecified atom stereocenters. The second kappa shape index (κ2) is 8.64. The van der Waals surface area contributed by atoms with E-state index in [0.717, 1.165) is 11.1 Å². The number of aryl methyl sites for hydroxylation is 2. The lowest BCUT2D eigenvalue weighted by molar-refractivity contribution is -0.123. The van der Waals surface area contributed by atoms with Crippen molar-refractivity contribution >= 4 is 58.2 Å². The van der Waals surface area contributed by atoms with E-state index in [-0.39, 0.29) is 23.8 Å². The zero-order valence-electron chi connectivity index (χ0n) is 17.2. The van der Waals surface area contributed by atoms with Crippen molar-refractivity contribution in [3.63, 3.8) is 0 Å². The molecule has 2 amide bonds.